The highest BCUT2D eigenvalue weighted by Crippen LogP contribution is 2.44. The Labute approximate surface area is 199 Å². The maximum absolute atomic E-state index is 13.4. The van der Waals surface area contributed by atoms with Crippen LogP contribution in [0, 0.1) is 0 Å². The minimum absolute atomic E-state index is 0.100. The van der Waals surface area contributed by atoms with Gasteiger partial charge in [-0.25, -0.2) is 18.8 Å². The highest BCUT2D eigenvalue weighted by molar-refractivity contribution is 7.91. The molecular formula is C23H31N5O5S. The van der Waals surface area contributed by atoms with E-state index in [1.807, 2.05) is 6.92 Å². The molecule has 1 unspecified atom stereocenters. The molecule has 2 aromatic rings. The number of aromatic nitrogens is 2. The lowest BCUT2D eigenvalue weighted by molar-refractivity contribution is 0.0165. The second-order valence-electron chi connectivity index (χ2n) is 9.55. The maximum Gasteiger partial charge on any atom is 0.354 e. The predicted octanol–water partition coefficient (Wildman–Crippen LogP) is 2.78. The van der Waals surface area contributed by atoms with Gasteiger partial charge >= 0.3 is 6.03 Å². The van der Waals surface area contributed by atoms with Crippen LogP contribution < -0.4 is 15.2 Å². The first kappa shape index (κ1) is 23.3. The number of anilines is 1. The van der Waals surface area contributed by atoms with Gasteiger partial charge in [-0.1, -0.05) is 6.07 Å². The Kier molecular flexibility index (Phi) is 5.91. The number of hydrogen-bond donors (Lipinski definition) is 2. The average molecular weight is 490 g/mol. The molecule has 11 heteroatoms. The first-order valence-corrected chi connectivity index (χ1v) is 13.1. The lowest BCUT2D eigenvalue weighted by Crippen LogP contribution is -2.36. The van der Waals surface area contributed by atoms with Crippen LogP contribution in [0.15, 0.2) is 21.5 Å². The van der Waals surface area contributed by atoms with Gasteiger partial charge in [-0.3, -0.25) is 0 Å². The number of aryl methyl sites for hydroxylation is 2. The zero-order chi connectivity index (χ0) is 24.1. The van der Waals surface area contributed by atoms with Crippen molar-refractivity contribution in [2.24, 2.45) is 9.50 Å². The molecule has 0 saturated heterocycles. The topological polar surface area (TPSA) is 130 Å². The van der Waals surface area contributed by atoms with Crippen molar-refractivity contribution < 1.29 is 23.2 Å². The molecule has 184 valence electrons. The van der Waals surface area contributed by atoms with Crippen LogP contribution in [0.3, 0.4) is 0 Å². The monoisotopic (exact) mass is 489 g/mol. The summed E-state index contributed by atoms with van der Waals surface area (Å²) in [4.78, 5) is 13.2. The number of nitrogens with zero attached hydrogens (tertiary/aromatic N) is 3. The van der Waals surface area contributed by atoms with Gasteiger partial charge in [0.1, 0.15) is 4.90 Å². The minimum Gasteiger partial charge on any atom is -0.466 e. The fourth-order valence-electron chi connectivity index (χ4n) is 5.52. The van der Waals surface area contributed by atoms with Crippen LogP contribution in [0.5, 0.6) is 5.88 Å². The molecule has 5 rings (SSSR count). The predicted molar refractivity (Wildman–Crippen MR) is 127 cm³/mol. The summed E-state index contributed by atoms with van der Waals surface area (Å²) in [6, 6.07) is 1.53. The summed E-state index contributed by atoms with van der Waals surface area (Å²) in [6.45, 7) is 3.19. The molecule has 1 aromatic heterocycles. The number of nitrogens with two attached hydrogens (primary N) is 1. The van der Waals surface area contributed by atoms with Crippen molar-refractivity contribution in [3.63, 3.8) is 0 Å². The molecule has 3 aliphatic rings. The summed E-state index contributed by atoms with van der Waals surface area (Å²) in [5.74, 6) is 0.458. The van der Waals surface area contributed by atoms with Crippen LogP contribution in [0.1, 0.15) is 47.9 Å². The first-order valence-electron chi connectivity index (χ1n) is 11.5. The summed E-state index contributed by atoms with van der Waals surface area (Å²) >= 11 is 0. The molecule has 3 N–H and O–H groups in total. The standard InChI is InChI=1S/C23H31N5O5S/c1-23(13-32-3)12-28-21(33-23)18(10-25-28)34(24,30)27-22(29)26-20-17-6-4-5-14(17)9-15-7-8-16(11-31-2)19(15)20/h9-10,16H,4-8,11-13H2,1-3H3,(H3,24,26,27,29,30)/t16-,23-,34?/m1/s1. The van der Waals surface area contributed by atoms with E-state index in [4.69, 9.17) is 19.3 Å². The van der Waals surface area contributed by atoms with Gasteiger partial charge in [0.15, 0.2) is 15.5 Å². The van der Waals surface area contributed by atoms with E-state index < -0.39 is 21.5 Å². The Morgan fingerprint density at radius 2 is 2.18 bits per heavy atom. The van der Waals surface area contributed by atoms with E-state index in [9.17, 15) is 9.00 Å². The summed E-state index contributed by atoms with van der Waals surface area (Å²) in [5.41, 5.74) is 4.88. The van der Waals surface area contributed by atoms with Crippen LogP contribution in [0.2, 0.25) is 0 Å². The molecule has 2 aliphatic carbocycles. The largest absolute Gasteiger partial charge is 0.466 e. The highest BCUT2D eigenvalue weighted by atomic mass is 32.2. The zero-order valence-electron chi connectivity index (χ0n) is 19.8. The van der Waals surface area contributed by atoms with Crippen molar-refractivity contribution in [3.8, 4) is 5.88 Å². The summed E-state index contributed by atoms with van der Waals surface area (Å²) < 4.78 is 35.5. The third kappa shape index (κ3) is 4.00. The molecule has 2 heterocycles. The Morgan fingerprint density at radius 3 is 2.94 bits per heavy atom. The van der Waals surface area contributed by atoms with Crippen molar-refractivity contribution in [2.45, 2.75) is 62.0 Å². The van der Waals surface area contributed by atoms with E-state index >= 15 is 0 Å². The van der Waals surface area contributed by atoms with Gasteiger partial charge in [0.2, 0.25) is 5.88 Å². The zero-order valence-corrected chi connectivity index (χ0v) is 20.6. The van der Waals surface area contributed by atoms with E-state index in [-0.39, 0.29) is 16.7 Å². The number of hydrogen-bond acceptors (Lipinski definition) is 6. The van der Waals surface area contributed by atoms with Gasteiger partial charge in [-0.2, -0.15) is 5.10 Å². The van der Waals surface area contributed by atoms with Crippen molar-refractivity contribution in [3.05, 3.63) is 34.5 Å². The summed E-state index contributed by atoms with van der Waals surface area (Å²) in [7, 11) is -0.322. The van der Waals surface area contributed by atoms with Crippen LogP contribution in [0.25, 0.3) is 0 Å². The van der Waals surface area contributed by atoms with E-state index in [1.165, 1.54) is 17.3 Å². The first-order chi connectivity index (χ1) is 16.2. The Balaban J connectivity index is 1.46. The number of carbonyl (C=O) groups excluding carboxylic acids is 1. The second-order valence-corrected chi connectivity index (χ2v) is 11.3. The van der Waals surface area contributed by atoms with Crippen molar-refractivity contribution >= 4 is 21.6 Å². The van der Waals surface area contributed by atoms with Crippen molar-refractivity contribution in [1.82, 2.24) is 9.78 Å². The number of methoxy groups -OCH3 is 2. The quantitative estimate of drug-likeness (QED) is 0.642. The van der Waals surface area contributed by atoms with Crippen LogP contribution in [0.4, 0.5) is 10.5 Å². The van der Waals surface area contributed by atoms with Gasteiger partial charge in [0.25, 0.3) is 0 Å². The fourth-order valence-corrected chi connectivity index (χ4v) is 6.50. The number of fused-ring (bicyclic) bond motifs is 3. The number of ether oxygens (including phenoxy) is 3. The molecule has 0 fully saturated rings. The van der Waals surface area contributed by atoms with E-state index in [2.05, 4.69) is 20.8 Å². The molecule has 0 spiro atoms. The number of nitrogens with one attached hydrogen (secondary N) is 1. The molecular weight excluding hydrogens is 458 g/mol. The molecule has 10 nitrogen and oxygen atoms in total. The highest BCUT2D eigenvalue weighted by Gasteiger charge is 2.39. The van der Waals surface area contributed by atoms with Gasteiger partial charge < -0.3 is 19.5 Å². The molecule has 0 saturated carbocycles. The van der Waals surface area contributed by atoms with Gasteiger partial charge in [-0.15, -0.1) is 4.36 Å². The number of benzene rings is 1. The Hall–Kier alpha value is -2.47. The number of rotatable bonds is 6. The van der Waals surface area contributed by atoms with Crippen molar-refractivity contribution in [2.75, 3.05) is 32.8 Å². The average Bonchev–Trinajstić information content (AvgIpc) is 3.51. The van der Waals surface area contributed by atoms with Crippen LogP contribution in [-0.2, 0) is 45.2 Å². The van der Waals surface area contributed by atoms with Gasteiger partial charge in [0.05, 0.1) is 26.0 Å². The molecule has 34 heavy (non-hydrogen) atoms. The molecule has 1 aromatic carbocycles. The Morgan fingerprint density at radius 1 is 1.35 bits per heavy atom. The number of amides is 2. The third-order valence-corrected chi connectivity index (χ3v) is 8.21. The molecule has 0 bridgehead atoms. The van der Waals surface area contributed by atoms with E-state index in [0.29, 0.717) is 19.8 Å². The maximum atomic E-state index is 13.4. The third-order valence-electron chi connectivity index (χ3n) is 6.87. The number of carbonyl (C=O) groups is 1. The Bertz CT molecular complexity index is 1260. The summed E-state index contributed by atoms with van der Waals surface area (Å²) in [6.07, 6.45) is 6.20. The normalized spacial score (nSPS) is 24.2. The van der Waals surface area contributed by atoms with Gasteiger partial charge in [0, 0.05) is 25.8 Å². The molecule has 3 atom stereocenters. The van der Waals surface area contributed by atoms with Gasteiger partial charge in [-0.05, 0) is 61.3 Å². The molecule has 0 radical (unpaired) electrons. The lowest BCUT2D eigenvalue weighted by Gasteiger charge is -2.21. The number of urea groups is 1. The lowest BCUT2D eigenvalue weighted by atomic mass is 9.94. The van der Waals surface area contributed by atoms with E-state index in [1.54, 1.807) is 18.9 Å². The second kappa shape index (κ2) is 8.63. The SMILES string of the molecule is COC[C@H]1CCc2cc3c(c(NC(=O)N=S(N)(=O)c4cnn5c4O[C@@](C)(COC)C5)c21)CCC3. The minimum atomic E-state index is -3.59. The van der Waals surface area contributed by atoms with Crippen LogP contribution in [-0.4, -0.2) is 53.1 Å². The summed E-state index contributed by atoms with van der Waals surface area (Å²) in [5, 5.41) is 13.3. The van der Waals surface area contributed by atoms with Crippen molar-refractivity contribution in [1.29, 1.82) is 0 Å². The fraction of sp³-hybridized carbons (Fsp3) is 0.565. The molecule has 1 aliphatic heterocycles. The smallest absolute Gasteiger partial charge is 0.354 e. The molecule has 2 amide bonds. The van der Waals surface area contributed by atoms with Crippen LogP contribution >= 0.6 is 0 Å². The van der Waals surface area contributed by atoms with E-state index in [0.717, 1.165) is 48.9 Å².